The number of aromatic nitrogens is 3. The van der Waals surface area contributed by atoms with Gasteiger partial charge >= 0.3 is 0 Å². The van der Waals surface area contributed by atoms with Crippen LogP contribution in [0.2, 0.25) is 0 Å². The number of fused-ring (bicyclic) bond motifs is 2. The van der Waals surface area contributed by atoms with Gasteiger partial charge in [0, 0.05) is 70.5 Å². The predicted octanol–water partition coefficient (Wildman–Crippen LogP) is 3.10. The Morgan fingerprint density at radius 1 is 1.11 bits per heavy atom. The van der Waals surface area contributed by atoms with Crippen LogP contribution in [-0.2, 0) is 11.8 Å². The van der Waals surface area contributed by atoms with E-state index in [4.69, 9.17) is 5.10 Å². The molecule has 0 spiro atoms. The molecule has 4 aliphatic carbocycles. The van der Waals surface area contributed by atoms with Crippen LogP contribution >= 0.6 is 0 Å². The molecule has 2 saturated heterocycles. The average molecular weight is 614 g/mol. The molecule has 3 aliphatic heterocycles. The van der Waals surface area contributed by atoms with Crippen LogP contribution < -0.4 is 20.9 Å². The maximum absolute atomic E-state index is 13.5. The van der Waals surface area contributed by atoms with E-state index >= 15 is 0 Å². The summed E-state index contributed by atoms with van der Waals surface area (Å²) in [6.07, 6.45) is 8.47. The monoisotopic (exact) mass is 613 g/mol. The number of nitrogens with zero attached hydrogens (tertiary/aromatic N) is 6. The topological polar surface area (TPSA) is 93.1 Å². The second-order valence-electron chi connectivity index (χ2n) is 14.7. The number of piperidine rings is 1. The maximum atomic E-state index is 13.5. The SMILES string of the molecule is CNc1cc(N2CCc3c2cccc3C23CC(CN4CCN(C5CCNCC5)CC4)(C2)C3)nn2c(C(=O)N[C@@H]3C[C@@H]3F)cnc12. The summed E-state index contributed by atoms with van der Waals surface area (Å²) in [5.74, 6) is 0.437. The van der Waals surface area contributed by atoms with Gasteiger partial charge in [-0.25, -0.2) is 13.9 Å². The highest BCUT2D eigenvalue weighted by atomic mass is 19.1. The number of carbonyl (C=O) groups is 1. The number of carbonyl (C=O) groups excluding carboxylic acids is 1. The summed E-state index contributed by atoms with van der Waals surface area (Å²) in [4.78, 5) is 25.2. The van der Waals surface area contributed by atoms with Gasteiger partial charge in [-0.05, 0) is 79.6 Å². The van der Waals surface area contributed by atoms with Gasteiger partial charge in [-0.15, -0.1) is 5.10 Å². The molecular weight excluding hydrogens is 569 g/mol. The van der Waals surface area contributed by atoms with Crippen LogP contribution in [0.3, 0.4) is 0 Å². The standard InChI is InChI=1S/C34H44FN9O/c1-36-27-16-30(40-44-29(17-38-31(27)44)32(45)39-26-15-25(26)35)43-10-7-23-24(3-2-4-28(23)43)34-18-33(19-34,20-34)21-41-11-13-42(14-12-41)22-5-8-37-9-6-22/h2-4,16-17,22,25-26,36-37H,5-15,18-21H2,1H3,(H,39,45)/t25-,26+,33?,34?/m0/s1. The first-order valence-electron chi connectivity index (χ1n) is 17.0. The zero-order chi connectivity index (χ0) is 30.3. The summed E-state index contributed by atoms with van der Waals surface area (Å²) in [5.41, 5.74) is 6.77. The number of nitrogens with one attached hydrogen (secondary N) is 3. The van der Waals surface area contributed by atoms with Crippen molar-refractivity contribution in [1.82, 2.24) is 35.0 Å². The molecule has 3 N–H and O–H groups in total. The number of hydrogen-bond donors (Lipinski definition) is 3. The molecular formula is C34H44FN9O. The van der Waals surface area contributed by atoms with Crippen LogP contribution in [0.15, 0.2) is 30.5 Å². The number of rotatable bonds is 8. The van der Waals surface area contributed by atoms with Crippen molar-refractivity contribution in [1.29, 1.82) is 0 Å². The van der Waals surface area contributed by atoms with Crippen LogP contribution in [0.1, 0.15) is 60.1 Å². The van der Waals surface area contributed by atoms with E-state index in [0.29, 0.717) is 28.6 Å². The second-order valence-corrected chi connectivity index (χ2v) is 14.7. The molecule has 6 fully saturated rings. The number of alkyl halides is 1. The van der Waals surface area contributed by atoms with Gasteiger partial charge in [0.1, 0.15) is 6.17 Å². The normalized spacial score (nSPS) is 31.4. The quantitative estimate of drug-likeness (QED) is 0.357. The molecule has 10 rings (SSSR count). The molecule has 5 heterocycles. The van der Waals surface area contributed by atoms with Crippen molar-refractivity contribution in [2.24, 2.45) is 5.41 Å². The van der Waals surface area contributed by atoms with Crippen molar-refractivity contribution in [3.8, 4) is 0 Å². The van der Waals surface area contributed by atoms with Crippen molar-refractivity contribution in [3.05, 3.63) is 47.3 Å². The fourth-order valence-corrected chi connectivity index (χ4v) is 9.54. The average Bonchev–Trinajstić information content (AvgIpc) is 3.38. The minimum Gasteiger partial charge on any atom is -0.385 e. The van der Waals surface area contributed by atoms with Crippen molar-refractivity contribution in [3.63, 3.8) is 0 Å². The lowest BCUT2D eigenvalue weighted by Crippen LogP contribution is -2.69. The molecule has 2 bridgehead atoms. The highest BCUT2D eigenvalue weighted by Gasteiger charge is 2.68. The first-order valence-corrected chi connectivity index (χ1v) is 17.0. The first kappa shape index (κ1) is 28.0. The molecule has 1 amide bonds. The number of benzene rings is 1. The molecule has 11 heteroatoms. The Morgan fingerprint density at radius 3 is 2.62 bits per heavy atom. The third-order valence-electron chi connectivity index (χ3n) is 11.8. The molecule has 3 aromatic rings. The van der Waals surface area contributed by atoms with Crippen molar-refractivity contribution >= 4 is 28.7 Å². The number of piperazine rings is 1. The van der Waals surface area contributed by atoms with Crippen molar-refractivity contribution < 1.29 is 9.18 Å². The van der Waals surface area contributed by atoms with E-state index in [-0.39, 0.29) is 5.91 Å². The molecule has 45 heavy (non-hydrogen) atoms. The van der Waals surface area contributed by atoms with E-state index in [1.165, 1.54) is 95.4 Å². The number of hydrogen-bond acceptors (Lipinski definition) is 8. The zero-order valence-electron chi connectivity index (χ0n) is 26.2. The number of anilines is 3. The van der Waals surface area contributed by atoms with Crippen LogP contribution in [0, 0.1) is 5.41 Å². The van der Waals surface area contributed by atoms with E-state index in [0.717, 1.165) is 30.5 Å². The molecule has 4 saturated carbocycles. The highest BCUT2D eigenvalue weighted by Crippen LogP contribution is 2.74. The number of halogens is 1. The molecule has 0 radical (unpaired) electrons. The molecule has 2 aromatic heterocycles. The predicted molar refractivity (Wildman–Crippen MR) is 172 cm³/mol. The third kappa shape index (κ3) is 4.56. The third-order valence-corrected chi connectivity index (χ3v) is 11.8. The Labute approximate surface area is 263 Å². The van der Waals surface area contributed by atoms with Gasteiger partial charge in [0.15, 0.2) is 17.2 Å². The van der Waals surface area contributed by atoms with E-state index in [2.05, 4.69) is 53.8 Å². The Kier molecular flexibility index (Phi) is 6.45. The molecule has 1 aromatic carbocycles. The zero-order valence-corrected chi connectivity index (χ0v) is 26.2. The summed E-state index contributed by atoms with van der Waals surface area (Å²) in [6.45, 7) is 9.36. The minimum atomic E-state index is -0.962. The highest BCUT2D eigenvalue weighted by molar-refractivity contribution is 5.94. The Bertz CT molecular complexity index is 1620. The van der Waals surface area contributed by atoms with Gasteiger partial charge < -0.3 is 25.8 Å². The minimum absolute atomic E-state index is 0.322. The van der Waals surface area contributed by atoms with Crippen LogP contribution in [0.25, 0.3) is 5.65 Å². The van der Waals surface area contributed by atoms with Crippen molar-refractivity contribution in [2.45, 2.75) is 68.6 Å². The summed E-state index contributed by atoms with van der Waals surface area (Å²) in [5, 5.41) is 14.4. The van der Waals surface area contributed by atoms with Crippen LogP contribution in [0.5, 0.6) is 0 Å². The largest absolute Gasteiger partial charge is 0.385 e. The van der Waals surface area contributed by atoms with Crippen molar-refractivity contribution in [2.75, 3.05) is 69.6 Å². The van der Waals surface area contributed by atoms with E-state index in [1.54, 1.807) is 10.1 Å². The van der Waals surface area contributed by atoms with E-state index in [9.17, 15) is 9.18 Å². The fraction of sp³-hybridized carbons (Fsp3) is 0.618. The van der Waals surface area contributed by atoms with Gasteiger partial charge in [0.2, 0.25) is 0 Å². The number of imidazole rings is 1. The number of amides is 1. The van der Waals surface area contributed by atoms with E-state index < -0.39 is 12.2 Å². The molecule has 10 nitrogen and oxygen atoms in total. The lowest BCUT2D eigenvalue weighted by atomic mass is 9.33. The van der Waals surface area contributed by atoms with Gasteiger partial charge in [-0.1, -0.05) is 12.1 Å². The molecule has 7 aliphatic rings. The Morgan fingerprint density at radius 2 is 1.89 bits per heavy atom. The first-order chi connectivity index (χ1) is 21.9. The van der Waals surface area contributed by atoms with Crippen LogP contribution in [-0.4, -0.2) is 108 Å². The Balaban J connectivity index is 0.903. The molecule has 2 atom stereocenters. The second kappa shape index (κ2) is 10.4. The van der Waals surface area contributed by atoms with Gasteiger partial charge in [0.25, 0.3) is 5.91 Å². The summed E-state index contributed by atoms with van der Waals surface area (Å²) in [7, 11) is 1.86. The summed E-state index contributed by atoms with van der Waals surface area (Å²) in [6, 6.07) is 9.21. The molecule has 238 valence electrons. The fourth-order valence-electron chi connectivity index (χ4n) is 9.54. The van der Waals surface area contributed by atoms with Crippen LogP contribution in [0.4, 0.5) is 21.6 Å². The van der Waals surface area contributed by atoms with Gasteiger partial charge in [0.05, 0.1) is 17.9 Å². The summed E-state index contributed by atoms with van der Waals surface area (Å²) >= 11 is 0. The Hall–Kier alpha value is -3.28. The van der Waals surface area contributed by atoms with Gasteiger partial charge in [-0.2, -0.15) is 0 Å². The summed E-state index contributed by atoms with van der Waals surface area (Å²) < 4.78 is 15.1. The maximum Gasteiger partial charge on any atom is 0.271 e. The smallest absolute Gasteiger partial charge is 0.271 e. The molecule has 0 unspecified atom stereocenters. The van der Waals surface area contributed by atoms with E-state index in [1.807, 2.05) is 13.1 Å². The lowest BCUT2D eigenvalue weighted by molar-refractivity contribution is -0.159. The van der Waals surface area contributed by atoms with Gasteiger partial charge in [-0.3, -0.25) is 9.69 Å². The lowest BCUT2D eigenvalue weighted by Gasteiger charge is -2.72.